The number of benzene rings is 1. The number of carbonyl (C=O) groups is 2. The van der Waals surface area contributed by atoms with E-state index in [2.05, 4.69) is 21.2 Å². The number of anilines is 1. The molecule has 2 amide bonds. The highest BCUT2D eigenvalue weighted by atomic mass is 79.9. The Morgan fingerprint density at radius 1 is 1.43 bits per heavy atom. The number of likely N-dealkylation sites (tertiary alicyclic amines) is 1. The van der Waals surface area contributed by atoms with Crippen molar-refractivity contribution in [3.63, 3.8) is 0 Å². The number of aliphatic carboxylic acids is 1. The third-order valence-corrected chi connectivity index (χ3v) is 4.33. The molecule has 1 heterocycles. The number of nitrogens with one attached hydrogen (secondary N) is 1. The summed E-state index contributed by atoms with van der Waals surface area (Å²) < 4.78 is 0.938. The Morgan fingerprint density at radius 3 is 2.76 bits per heavy atom. The summed E-state index contributed by atoms with van der Waals surface area (Å²) in [6.07, 6.45) is 1.33. The minimum absolute atomic E-state index is 0.324. The number of amides is 2. The van der Waals surface area contributed by atoms with Crippen LogP contribution in [-0.2, 0) is 4.79 Å². The number of piperidine rings is 1. The first-order valence-electron chi connectivity index (χ1n) is 6.95. The van der Waals surface area contributed by atoms with Crippen LogP contribution in [0.25, 0.3) is 0 Å². The highest BCUT2D eigenvalue weighted by Gasteiger charge is 2.34. The monoisotopic (exact) mass is 354 g/mol. The molecular formula is C15H19BrN2O3. The summed E-state index contributed by atoms with van der Waals surface area (Å²) in [5.74, 6) is -0.617. The number of rotatable bonds is 2. The molecular weight excluding hydrogens is 336 g/mol. The number of hydrogen-bond acceptors (Lipinski definition) is 2. The molecule has 2 unspecified atom stereocenters. The van der Waals surface area contributed by atoms with E-state index in [0.717, 1.165) is 16.5 Å². The summed E-state index contributed by atoms with van der Waals surface area (Å²) in [5.41, 5.74) is 1.63. The predicted octanol–water partition coefficient (Wildman–Crippen LogP) is 3.47. The van der Waals surface area contributed by atoms with Gasteiger partial charge in [0.1, 0.15) is 6.04 Å². The Kier molecular flexibility index (Phi) is 4.88. The highest BCUT2D eigenvalue weighted by molar-refractivity contribution is 9.10. The van der Waals surface area contributed by atoms with Crippen molar-refractivity contribution >= 4 is 33.6 Å². The molecule has 0 aliphatic carbocycles. The average molecular weight is 355 g/mol. The maximum absolute atomic E-state index is 12.4. The minimum Gasteiger partial charge on any atom is -0.480 e. The molecule has 1 saturated heterocycles. The van der Waals surface area contributed by atoms with Crippen molar-refractivity contribution in [2.75, 3.05) is 11.9 Å². The zero-order valence-electron chi connectivity index (χ0n) is 12.1. The number of nitrogens with zero attached hydrogens (tertiary/aromatic N) is 1. The fraction of sp³-hybridized carbons (Fsp3) is 0.467. The van der Waals surface area contributed by atoms with Crippen molar-refractivity contribution in [3.05, 3.63) is 28.2 Å². The normalized spacial score (nSPS) is 22.0. The zero-order valence-corrected chi connectivity index (χ0v) is 13.7. The van der Waals surface area contributed by atoms with Crippen LogP contribution in [0.5, 0.6) is 0 Å². The van der Waals surface area contributed by atoms with Crippen LogP contribution in [0.1, 0.15) is 25.3 Å². The first-order chi connectivity index (χ1) is 9.88. The zero-order chi connectivity index (χ0) is 15.6. The van der Waals surface area contributed by atoms with E-state index in [4.69, 9.17) is 0 Å². The topological polar surface area (TPSA) is 69.6 Å². The van der Waals surface area contributed by atoms with E-state index >= 15 is 0 Å². The maximum Gasteiger partial charge on any atom is 0.326 e. The summed E-state index contributed by atoms with van der Waals surface area (Å²) in [6, 6.07) is 4.46. The summed E-state index contributed by atoms with van der Waals surface area (Å²) in [6.45, 7) is 4.39. The van der Waals surface area contributed by atoms with Crippen molar-refractivity contribution in [2.24, 2.45) is 5.92 Å². The standard InChI is InChI=1S/C15H19BrN2O3/c1-9-5-6-18(13(7-9)14(19)20)15(21)17-12-4-3-11(16)8-10(12)2/h3-4,8-9,13H,5-7H2,1-2H3,(H,17,21)(H,19,20). The van der Waals surface area contributed by atoms with Gasteiger partial charge < -0.3 is 15.3 Å². The third kappa shape index (κ3) is 3.75. The lowest BCUT2D eigenvalue weighted by atomic mass is 9.93. The van der Waals surface area contributed by atoms with Crippen LogP contribution >= 0.6 is 15.9 Å². The molecule has 5 nitrogen and oxygen atoms in total. The van der Waals surface area contributed by atoms with Crippen molar-refractivity contribution in [3.8, 4) is 0 Å². The molecule has 2 atom stereocenters. The van der Waals surface area contributed by atoms with Crippen LogP contribution in [0.15, 0.2) is 22.7 Å². The third-order valence-electron chi connectivity index (χ3n) is 3.84. The number of carboxylic acid groups (broad SMARTS) is 1. The van der Waals surface area contributed by atoms with Crippen LogP contribution in [0, 0.1) is 12.8 Å². The van der Waals surface area contributed by atoms with Gasteiger partial charge in [-0.25, -0.2) is 9.59 Å². The van der Waals surface area contributed by atoms with E-state index in [1.807, 2.05) is 26.0 Å². The number of halogens is 1. The van der Waals surface area contributed by atoms with Crippen molar-refractivity contribution in [1.82, 2.24) is 4.90 Å². The lowest BCUT2D eigenvalue weighted by Crippen LogP contribution is -2.51. The molecule has 6 heteroatoms. The molecule has 0 spiro atoms. The van der Waals surface area contributed by atoms with Gasteiger partial charge in [-0.3, -0.25) is 0 Å². The Bertz CT molecular complexity index is 562. The summed E-state index contributed by atoms with van der Waals surface area (Å²) >= 11 is 3.37. The molecule has 1 fully saturated rings. The Morgan fingerprint density at radius 2 is 2.14 bits per heavy atom. The Labute approximate surface area is 132 Å². The summed E-state index contributed by atoms with van der Waals surface area (Å²) in [4.78, 5) is 25.1. The first kappa shape index (κ1) is 15.8. The predicted molar refractivity (Wildman–Crippen MR) is 84.4 cm³/mol. The fourth-order valence-corrected chi connectivity index (χ4v) is 3.05. The second-order valence-electron chi connectivity index (χ2n) is 5.57. The molecule has 2 rings (SSSR count). The number of carboxylic acids is 1. The van der Waals surface area contributed by atoms with Crippen LogP contribution in [0.3, 0.4) is 0 Å². The van der Waals surface area contributed by atoms with Crippen molar-refractivity contribution in [2.45, 2.75) is 32.7 Å². The quantitative estimate of drug-likeness (QED) is 0.853. The van der Waals surface area contributed by atoms with E-state index in [-0.39, 0.29) is 6.03 Å². The number of carbonyl (C=O) groups excluding carboxylic acids is 1. The lowest BCUT2D eigenvalue weighted by molar-refractivity contribution is -0.143. The molecule has 1 aliphatic rings. The van der Waals surface area contributed by atoms with E-state index in [0.29, 0.717) is 24.6 Å². The van der Waals surface area contributed by atoms with Crippen molar-refractivity contribution in [1.29, 1.82) is 0 Å². The van der Waals surface area contributed by atoms with Gasteiger partial charge in [-0.2, -0.15) is 0 Å². The molecule has 0 saturated carbocycles. The highest BCUT2D eigenvalue weighted by Crippen LogP contribution is 2.25. The first-order valence-corrected chi connectivity index (χ1v) is 7.74. The molecule has 1 aromatic rings. The maximum atomic E-state index is 12.4. The van der Waals surface area contributed by atoms with E-state index in [9.17, 15) is 14.7 Å². The Hall–Kier alpha value is -1.56. The number of hydrogen-bond donors (Lipinski definition) is 2. The molecule has 1 aliphatic heterocycles. The van der Waals surface area contributed by atoms with Crippen LogP contribution in [0.2, 0.25) is 0 Å². The largest absolute Gasteiger partial charge is 0.480 e. The van der Waals surface area contributed by atoms with Gasteiger partial charge >= 0.3 is 12.0 Å². The van der Waals surface area contributed by atoms with Crippen LogP contribution in [0.4, 0.5) is 10.5 Å². The fourth-order valence-electron chi connectivity index (χ4n) is 2.57. The van der Waals surface area contributed by atoms with Gasteiger partial charge in [-0.1, -0.05) is 22.9 Å². The van der Waals surface area contributed by atoms with E-state index in [1.165, 1.54) is 4.90 Å². The van der Waals surface area contributed by atoms with Gasteiger partial charge in [-0.05, 0) is 49.4 Å². The second kappa shape index (κ2) is 6.47. The van der Waals surface area contributed by atoms with Gasteiger partial charge in [0.25, 0.3) is 0 Å². The van der Waals surface area contributed by atoms with Crippen molar-refractivity contribution < 1.29 is 14.7 Å². The van der Waals surface area contributed by atoms with Crippen LogP contribution in [-0.4, -0.2) is 34.6 Å². The molecule has 0 aromatic heterocycles. The van der Waals surface area contributed by atoms with E-state index < -0.39 is 12.0 Å². The number of urea groups is 1. The second-order valence-corrected chi connectivity index (χ2v) is 6.48. The molecule has 21 heavy (non-hydrogen) atoms. The van der Waals surface area contributed by atoms with Gasteiger partial charge in [0.2, 0.25) is 0 Å². The molecule has 0 radical (unpaired) electrons. The SMILES string of the molecule is Cc1cc(Br)ccc1NC(=O)N1CCC(C)CC1C(=O)O. The lowest BCUT2D eigenvalue weighted by Gasteiger charge is -2.36. The van der Waals surface area contributed by atoms with Gasteiger partial charge in [0, 0.05) is 16.7 Å². The van der Waals surface area contributed by atoms with Crippen LogP contribution < -0.4 is 5.32 Å². The molecule has 114 valence electrons. The molecule has 1 aromatic carbocycles. The molecule has 0 bridgehead atoms. The summed E-state index contributed by atoms with van der Waals surface area (Å²) in [5, 5.41) is 12.1. The summed E-state index contributed by atoms with van der Waals surface area (Å²) in [7, 11) is 0. The Balaban J connectivity index is 2.13. The number of aryl methyl sites for hydroxylation is 1. The van der Waals surface area contributed by atoms with E-state index in [1.54, 1.807) is 6.07 Å². The average Bonchev–Trinajstić information content (AvgIpc) is 2.41. The van der Waals surface area contributed by atoms with Gasteiger partial charge in [-0.15, -0.1) is 0 Å². The van der Waals surface area contributed by atoms with Gasteiger partial charge in [0.15, 0.2) is 0 Å². The minimum atomic E-state index is -0.941. The van der Waals surface area contributed by atoms with Gasteiger partial charge in [0.05, 0.1) is 0 Å². The molecule has 2 N–H and O–H groups in total. The smallest absolute Gasteiger partial charge is 0.326 e.